The Morgan fingerprint density at radius 1 is 1.17 bits per heavy atom. The molecule has 1 unspecified atom stereocenters. The van der Waals surface area contributed by atoms with Crippen LogP contribution in [0, 0.1) is 0 Å². The third kappa shape index (κ3) is 6.38. The standard InChI is InChI=1S/C20H21F3N2O3.C2H6/c21-20(22,23)17-3-1-2-4-18(17)24-15-9-10-25(11-15)19(27)13-28-16-7-5-14(12-26)6-8-16;1-2/h1-8,15,24,26H,9-13H2;1-2H3. The number of amides is 1. The molecule has 1 saturated heterocycles. The number of carbonyl (C=O) groups excluding carboxylic acids is 1. The number of ether oxygens (including phenoxy) is 1. The Morgan fingerprint density at radius 3 is 2.47 bits per heavy atom. The van der Waals surface area contributed by atoms with Gasteiger partial charge in [0.05, 0.1) is 12.2 Å². The molecule has 1 aliphatic heterocycles. The first-order valence-corrected chi connectivity index (χ1v) is 9.90. The highest BCUT2D eigenvalue weighted by Gasteiger charge is 2.34. The van der Waals surface area contributed by atoms with Crippen molar-refractivity contribution in [3.63, 3.8) is 0 Å². The molecular formula is C22H27F3N2O3. The Hall–Kier alpha value is -2.74. The smallest absolute Gasteiger partial charge is 0.418 e. The molecule has 30 heavy (non-hydrogen) atoms. The SMILES string of the molecule is CC.O=C(COc1ccc(CO)cc1)N1CCC(Nc2ccccc2C(F)(F)F)C1. The van der Waals surface area contributed by atoms with Crippen molar-refractivity contribution in [3.8, 4) is 5.75 Å². The summed E-state index contributed by atoms with van der Waals surface area (Å²) in [5.41, 5.74) is 0.0511. The van der Waals surface area contributed by atoms with Crippen molar-refractivity contribution in [2.24, 2.45) is 0 Å². The van der Waals surface area contributed by atoms with E-state index >= 15 is 0 Å². The van der Waals surface area contributed by atoms with E-state index < -0.39 is 11.7 Å². The molecule has 1 aliphatic rings. The van der Waals surface area contributed by atoms with Gasteiger partial charge in [0.2, 0.25) is 0 Å². The number of para-hydroxylation sites is 1. The van der Waals surface area contributed by atoms with Crippen LogP contribution >= 0.6 is 0 Å². The highest BCUT2D eigenvalue weighted by atomic mass is 19.4. The van der Waals surface area contributed by atoms with Crippen molar-refractivity contribution < 1.29 is 27.8 Å². The molecular weight excluding hydrogens is 397 g/mol. The summed E-state index contributed by atoms with van der Waals surface area (Å²) in [5, 5.41) is 11.9. The van der Waals surface area contributed by atoms with Crippen molar-refractivity contribution in [2.75, 3.05) is 25.0 Å². The van der Waals surface area contributed by atoms with Crippen LogP contribution in [0.3, 0.4) is 0 Å². The van der Waals surface area contributed by atoms with Crippen LogP contribution in [0.4, 0.5) is 18.9 Å². The molecule has 0 radical (unpaired) electrons. The van der Waals surface area contributed by atoms with E-state index in [1.54, 1.807) is 35.2 Å². The van der Waals surface area contributed by atoms with E-state index in [1.807, 2.05) is 13.8 Å². The first-order chi connectivity index (χ1) is 14.4. The number of halogens is 3. The Bertz CT molecular complexity index is 810. The lowest BCUT2D eigenvalue weighted by Gasteiger charge is -2.20. The molecule has 0 saturated carbocycles. The summed E-state index contributed by atoms with van der Waals surface area (Å²) in [6.45, 7) is 4.55. The molecule has 0 spiro atoms. The molecule has 8 heteroatoms. The summed E-state index contributed by atoms with van der Waals surface area (Å²) in [6, 6.07) is 11.8. The van der Waals surface area contributed by atoms with Gasteiger partial charge < -0.3 is 20.1 Å². The minimum Gasteiger partial charge on any atom is -0.484 e. The summed E-state index contributed by atoms with van der Waals surface area (Å²) >= 11 is 0. The lowest BCUT2D eigenvalue weighted by Crippen LogP contribution is -2.35. The molecule has 2 aromatic carbocycles. The Morgan fingerprint density at radius 2 is 1.83 bits per heavy atom. The molecule has 3 rings (SSSR count). The van der Waals surface area contributed by atoms with Gasteiger partial charge in [-0.25, -0.2) is 0 Å². The zero-order valence-electron chi connectivity index (χ0n) is 17.1. The van der Waals surface area contributed by atoms with Crippen LogP contribution in [0.5, 0.6) is 5.75 Å². The van der Waals surface area contributed by atoms with E-state index in [2.05, 4.69) is 5.32 Å². The number of hydrogen-bond acceptors (Lipinski definition) is 4. The fourth-order valence-corrected chi connectivity index (χ4v) is 3.11. The molecule has 5 nitrogen and oxygen atoms in total. The largest absolute Gasteiger partial charge is 0.484 e. The van der Waals surface area contributed by atoms with E-state index in [1.165, 1.54) is 12.1 Å². The quantitative estimate of drug-likeness (QED) is 0.725. The molecule has 1 amide bonds. The zero-order chi connectivity index (χ0) is 22.1. The number of anilines is 1. The van der Waals surface area contributed by atoms with Gasteiger partial charge in [-0.1, -0.05) is 38.1 Å². The van der Waals surface area contributed by atoms with Crippen molar-refractivity contribution in [3.05, 3.63) is 59.7 Å². The van der Waals surface area contributed by atoms with Gasteiger partial charge in [0.25, 0.3) is 5.91 Å². The van der Waals surface area contributed by atoms with E-state index in [9.17, 15) is 18.0 Å². The monoisotopic (exact) mass is 424 g/mol. The van der Waals surface area contributed by atoms with Crippen LogP contribution in [0.15, 0.2) is 48.5 Å². The number of alkyl halides is 3. The number of benzene rings is 2. The van der Waals surface area contributed by atoms with Gasteiger partial charge in [-0.15, -0.1) is 0 Å². The van der Waals surface area contributed by atoms with Crippen molar-refractivity contribution in [2.45, 2.75) is 39.1 Å². The normalized spacial score (nSPS) is 15.9. The second kappa shape index (κ2) is 10.9. The number of aliphatic hydroxyl groups excluding tert-OH is 1. The lowest BCUT2D eigenvalue weighted by molar-refractivity contribution is -0.137. The average molecular weight is 424 g/mol. The van der Waals surface area contributed by atoms with Gasteiger partial charge in [-0.2, -0.15) is 13.2 Å². The van der Waals surface area contributed by atoms with Gasteiger partial charge in [-0.3, -0.25) is 4.79 Å². The Labute approximate surface area is 174 Å². The molecule has 0 aliphatic carbocycles. The fourth-order valence-electron chi connectivity index (χ4n) is 3.11. The van der Waals surface area contributed by atoms with Gasteiger partial charge >= 0.3 is 6.18 Å². The van der Waals surface area contributed by atoms with Crippen LogP contribution in [0.2, 0.25) is 0 Å². The predicted octanol–water partition coefficient (Wildman–Crippen LogP) is 4.32. The minimum absolute atomic E-state index is 0.0227. The summed E-state index contributed by atoms with van der Waals surface area (Å²) in [5.74, 6) is 0.290. The van der Waals surface area contributed by atoms with Crippen molar-refractivity contribution in [1.82, 2.24) is 4.90 Å². The van der Waals surface area contributed by atoms with Crippen LogP contribution in [-0.2, 0) is 17.6 Å². The first-order valence-electron chi connectivity index (χ1n) is 9.90. The number of carbonyl (C=O) groups is 1. The van der Waals surface area contributed by atoms with Gasteiger partial charge in [0.15, 0.2) is 6.61 Å². The topological polar surface area (TPSA) is 61.8 Å². The maximum absolute atomic E-state index is 13.1. The second-order valence-corrected chi connectivity index (χ2v) is 6.60. The number of aliphatic hydroxyl groups is 1. The molecule has 1 heterocycles. The summed E-state index contributed by atoms with van der Waals surface area (Å²) in [6.07, 6.45) is -3.87. The average Bonchev–Trinajstić information content (AvgIpc) is 3.22. The number of hydrogen-bond donors (Lipinski definition) is 2. The highest BCUT2D eigenvalue weighted by Crippen LogP contribution is 2.35. The van der Waals surface area contributed by atoms with Crippen molar-refractivity contribution in [1.29, 1.82) is 0 Å². The number of likely N-dealkylation sites (tertiary alicyclic amines) is 1. The van der Waals surface area contributed by atoms with E-state index in [0.29, 0.717) is 25.3 Å². The maximum Gasteiger partial charge on any atom is 0.418 e. The van der Waals surface area contributed by atoms with Crippen LogP contribution < -0.4 is 10.1 Å². The highest BCUT2D eigenvalue weighted by molar-refractivity contribution is 5.78. The summed E-state index contributed by atoms with van der Waals surface area (Å²) in [7, 11) is 0. The zero-order valence-corrected chi connectivity index (χ0v) is 17.1. The fraction of sp³-hybridized carbons (Fsp3) is 0.409. The summed E-state index contributed by atoms with van der Waals surface area (Å²) in [4.78, 5) is 13.9. The second-order valence-electron chi connectivity index (χ2n) is 6.60. The molecule has 0 bridgehead atoms. The Balaban J connectivity index is 0.00000155. The third-order valence-electron chi connectivity index (χ3n) is 4.60. The number of rotatable bonds is 6. The minimum atomic E-state index is -4.43. The molecule has 164 valence electrons. The van der Waals surface area contributed by atoms with Gasteiger partial charge in [0, 0.05) is 24.8 Å². The Kier molecular flexibility index (Phi) is 8.53. The summed E-state index contributed by atoms with van der Waals surface area (Å²) < 4.78 is 44.8. The van der Waals surface area contributed by atoms with Crippen LogP contribution in [0.1, 0.15) is 31.4 Å². The van der Waals surface area contributed by atoms with Crippen LogP contribution in [-0.4, -0.2) is 41.7 Å². The predicted molar refractivity (Wildman–Crippen MR) is 109 cm³/mol. The van der Waals surface area contributed by atoms with Crippen molar-refractivity contribution >= 4 is 11.6 Å². The van der Waals surface area contributed by atoms with E-state index in [0.717, 1.165) is 11.6 Å². The first kappa shape index (κ1) is 23.5. The van der Waals surface area contributed by atoms with E-state index in [-0.39, 0.29) is 30.9 Å². The molecule has 2 N–H and O–H groups in total. The molecule has 2 aromatic rings. The molecule has 1 fully saturated rings. The third-order valence-corrected chi connectivity index (χ3v) is 4.60. The van der Waals surface area contributed by atoms with Gasteiger partial charge in [-0.05, 0) is 36.2 Å². The van der Waals surface area contributed by atoms with Gasteiger partial charge in [0.1, 0.15) is 5.75 Å². The molecule has 1 atom stereocenters. The lowest BCUT2D eigenvalue weighted by atomic mass is 10.1. The van der Waals surface area contributed by atoms with Crippen LogP contribution in [0.25, 0.3) is 0 Å². The molecule has 0 aromatic heterocycles. The number of nitrogens with zero attached hydrogens (tertiary/aromatic N) is 1. The number of nitrogens with one attached hydrogen (secondary N) is 1. The maximum atomic E-state index is 13.1. The van der Waals surface area contributed by atoms with E-state index in [4.69, 9.17) is 9.84 Å².